The Morgan fingerprint density at radius 3 is 2.45 bits per heavy atom. The van der Waals surface area contributed by atoms with Gasteiger partial charge in [0.15, 0.2) is 11.5 Å². The van der Waals surface area contributed by atoms with E-state index < -0.39 is 0 Å². The Morgan fingerprint density at radius 2 is 1.73 bits per heavy atom. The van der Waals surface area contributed by atoms with Crippen LogP contribution in [0.25, 0.3) is 6.08 Å². The molecule has 1 amide bonds. The van der Waals surface area contributed by atoms with E-state index in [-0.39, 0.29) is 18.3 Å². The summed E-state index contributed by atoms with van der Waals surface area (Å²) in [5.41, 5.74) is 2.69. The summed E-state index contributed by atoms with van der Waals surface area (Å²) in [6.07, 6.45) is 1.82. The van der Waals surface area contributed by atoms with Crippen LogP contribution in [-0.2, 0) is 17.9 Å². The van der Waals surface area contributed by atoms with Crippen molar-refractivity contribution in [3.05, 3.63) is 100 Å². The molecule has 1 aliphatic heterocycles. The van der Waals surface area contributed by atoms with Gasteiger partial charge in [-0.05, 0) is 54.0 Å². The number of hydrogen-bond acceptors (Lipinski definition) is 5. The number of carbonyl (C=O) groups excluding carboxylic acids is 1. The highest BCUT2D eigenvalue weighted by atomic mass is 32.2. The molecule has 0 radical (unpaired) electrons. The second kappa shape index (κ2) is 10.6. The molecular formula is C26H22FNO3S2. The fourth-order valence-electron chi connectivity index (χ4n) is 3.30. The lowest BCUT2D eigenvalue weighted by Crippen LogP contribution is -2.27. The second-order valence-electron chi connectivity index (χ2n) is 7.31. The molecule has 0 aliphatic carbocycles. The van der Waals surface area contributed by atoms with E-state index in [9.17, 15) is 9.18 Å². The topological polar surface area (TPSA) is 38.8 Å². The maximum absolute atomic E-state index is 13.1. The molecule has 3 aromatic carbocycles. The third-order valence-electron chi connectivity index (χ3n) is 4.93. The summed E-state index contributed by atoms with van der Waals surface area (Å²) >= 11 is 6.74. The van der Waals surface area contributed by atoms with E-state index in [1.807, 2.05) is 61.5 Å². The molecule has 0 aromatic heterocycles. The van der Waals surface area contributed by atoms with Crippen LogP contribution in [0.3, 0.4) is 0 Å². The van der Waals surface area contributed by atoms with Gasteiger partial charge in [0, 0.05) is 0 Å². The average molecular weight is 480 g/mol. The maximum atomic E-state index is 13.1. The fraction of sp³-hybridized carbons (Fsp3) is 0.154. The summed E-state index contributed by atoms with van der Waals surface area (Å²) in [5.74, 6) is 0.763. The largest absolute Gasteiger partial charge is 0.490 e. The first-order valence-corrected chi connectivity index (χ1v) is 11.7. The summed E-state index contributed by atoms with van der Waals surface area (Å²) in [5, 5.41) is 0. The predicted molar refractivity (Wildman–Crippen MR) is 134 cm³/mol. The van der Waals surface area contributed by atoms with Crippen LogP contribution in [0.2, 0.25) is 0 Å². The zero-order valence-electron chi connectivity index (χ0n) is 18.0. The molecule has 1 heterocycles. The van der Waals surface area contributed by atoms with Gasteiger partial charge < -0.3 is 9.47 Å². The van der Waals surface area contributed by atoms with Crippen LogP contribution in [0.4, 0.5) is 4.39 Å². The van der Waals surface area contributed by atoms with Crippen LogP contribution < -0.4 is 9.47 Å². The quantitative estimate of drug-likeness (QED) is 0.284. The van der Waals surface area contributed by atoms with Crippen molar-refractivity contribution in [2.45, 2.75) is 20.1 Å². The minimum Gasteiger partial charge on any atom is -0.490 e. The molecule has 1 saturated heterocycles. The summed E-state index contributed by atoms with van der Waals surface area (Å²) < 4.78 is 25.3. The molecular weight excluding hydrogens is 457 g/mol. The number of carbonyl (C=O) groups is 1. The van der Waals surface area contributed by atoms with E-state index in [2.05, 4.69) is 0 Å². The molecule has 0 spiro atoms. The predicted octanol–water partition coefficient (Wildman–Crippen LogP) is 6.20. The Morgan fingerprint density at radius 1 is 0.970 bits per heavy atom. The fourth-order valence-corrected chi connectivity index (χ4v) is 4.55. The molecule has 4 rings (SSSR count). The minimum atomic E-state index is -0.285. The number of benzene rings is 3. The zero-order valence-corrected chi connectivity index (χ0v) is 19.6. The van der Waals surface area contributed by atoms with Gasteiger partial charge in [-0.15, -0.1) is 0 Å². The van der Waals surface area contributed by atoms with Gasteiger partial charge >= 0.3 is 0 Å². The molecule has 3 aromatic rings. The Hall–Kier alpha value is -3.16. The highest BCUT2D eigenvalue weighted by Crippen LogP contribution is 2.35. The van der Waals surface area contributed by atoms with Gasteiger partial charge in [-0.25, -0.2) is 4.39 Å². The lowest BCUT2D eigenvalue weighted by atomic mass is 10.1. The Kier molecular flexibility index (Phi) is 7.42. The maximum Gasteiger partial charge on any atom is 0.266 e. The highest BCUT2D eigenvalue weighted by Gasteiger charge is 2.32. The molecule has 1 fully saturated rings. The monoisotopic (exact) mass is 479 g/mol. The molecule has 4 nitrogen and oxygen atoms in total. The van der Waals surface area contributed by atoms with Crippen LogP contribution in [0.15, 0.2) is 77.7 Å². The van der Waals surface area contributed by atoms with Crippen molar-refractivity contribution < 1.29 is 18.7 Å². The third kappa shape index (κ3) is 5.80. The van der Waals surface area contributed by atoms with Gasteiger partial charge in [0.25, 0.3) is 5.91 Å². The van der Waals surface area contributed by atoms with Crippen molar-refractivity contribution in [2.24, 2.45) is 0 Å². The zero-order chi connectivity index (χ0) is 23.2. The Balaban J connectivity index is 1.50. The molecule has 0 atom stereocenters. The number of rotatable bonds is 8. The number of ether oxygens (including phenoxy) is 2. The van der Waals surface area contributed by atoms with Crippen molar-refractivity contribution in [3.63, 3.8) is 0 Å². The molecule has 0 N–H and O–H groups in total. The third-order valence-corrected chi connectivity index (χ3v) is 6.31. The molecule has 0 saturated carbocycles. The molecule has 168 valence electrons. The van der Waals surface area contributed by atoms with Gasteiger partial charge in [-0.1, -0.05) is 72.5 Å². The second-order valence-corrected chi connectivity index (χ2v) is 8.98. The Labute approximate surface area is 202 Å². The number of halogens is 1. The van der Waals surface area contributed by atoms with Gasteiger partial charge in [-0.2, -0.15) is 0 Å². The average Bonchev–Trinajstić information content (AvgIpc) is 3.08. The van der Waals surface area contributed by atoms with Gasteiger partial charge in [0.1, 0.15) is 16.7 Å². The lowest BCUT2D eigenvalue weighted by molar-refractivity contribution is -0.122. The van der Waals surface area contributed by atoms with E-state index >= 15 is 0 Å². The van der Waals surface area contributed by atoms with Crippen LogP contribution in [0, 0.1) is 5.82 Å². The summed E-state index contributed by atoms with van der Waals surface area (Å²) in [7, 11) is 0. The van der Waals surface area contributed by atoms with E-state index in [4.69, 9.17) is 21.7 Å². The first-order valence-electron chi connectivity index (χ1n) is 10.5. The van der Waals surface area contributed by atoms with Gasteiger partial charge in [0.2, 0.25) is 0 Å². The van der Waals surface area contributed by atoms with E-state index in [1.165, 1.54) is 23.9 Å². The lowest BCUT2D eigenvalue weighted by Gasteiger charge is -2.14. The van der Waals surface area contributed by atoms with Crippen LogP contribution in [0.5, 0.6) is 11.5 Å². The number of thiocarbonyl (C=S) groups is 1. The normalized spacial score (nSPS) is 14.7. The van der Waals surface area contributed by atoms with Crippen LogP contribution >= 0.6 is 24.0 Å². The molecule has 0 unspecified atom stereocenters. The van der Waals surface area contributed by atoms with E-state index in [0.29, 0.717) is 33.9 Å². The summed E-state index contributed by atoms with van der Waals surface area (Å²) in [6.45, 7) is 3.10. The smallest absolute Gasteiger partial charge is 0.266 e. The molecule has 1 aliphatic rings. The number of hydrogen-bond donors (Lipinski definition) is 0. The SMILES string of the molecule is CCOc1cc(/C=C2/SC(=S)N(Cc3ccccc3)C2=O)ccc1OCc1ccc(F)cc1. The highest BCUT2D eigenvalue weighted by molar-refractivity contribution is 8.26. The van der Waals surface area contributed by atoms with E-state index in [0.717, 1.165) is 16.7 Å². The minimum absolute atomic E-state index is 0.108. The van der Waals surface area contributed by atoms with Crippen molar-refractivity contribution in [3.8, 4) is 11.5 Å². The molecule has 33 heavy (non-hydrogen) atoms. The number of amides is 1. The van der Waals surface area contributed by atoms with Crippen molar-refractivity contribution >= 4 is 40.3 Å². The standard InChI is InChI=1S/C26H22FNO3S2/c1-2-30-23-14-20(10-13-22(23)31-17-19-8-11-21(27)12-9-19)15-24-25(29)28(26(32)33-24)16-18-6-4-3-5-7-18/h3-15H,2,16-17H2,1H3/b24-15+. The van der Waals surface area contributed by atoms with Crippen LogP contribution in [-0.4, -0.2) is 21.7 Å². The molecule has 0 bridgehead atoms. The molecule has 7 heteroatoms. The number of nitrogens with zero attached hydrogens (tertiary/aromatic N) is 1. The van der Waals surface area contributed by atoms with Crippen molar-refractivity contribution in [2.75, 3.05) is 6.61 Å². The summed E-state index contributed by atoms with van der Waals surface area (Å²) in [4.78, 5) is 15.1. The van der Waals surface area contributed by atoms with Crippen LogP contribution in [0.1, 0.15) is 23.6 Å². The van der Waals surface area contributed by atoms with Crippen molar-refractivity contribution in [1.29, 1.82) is 0 Å². The van der Waals surface area contributed by atoms with Gasteiger partial charge in [0.05, 0.1) is 18.1 Å². The summed E-state index contributed by atoms with van der Waals surface area (Å²) in [6, 6.07) is 21.5. The van der Waals surface area contributed by atoms with Gasteiger partial charge in [-0.3, -0.25) is 9.69 Å². The first-order chi connectivity index (χ1) is 16.0. The van der Waals surface area contributed by atoms with Crippen molar-refractivity contribution in [1.82, 2.24) is 4.90 Å². The first kappa shape index (κ1) is 23.0. The Bertz CT molecular complexity index is 1180. The number of thioether (sulfide) groups is 1. The van der Waals surface area contributed by atoms with E-state index in [1.54, 1.807) is 17.0 Å².